The molecule has 0 saturated heterocycles. The first-order chi connectivity index (χ1) is 11.6. The molecule has 0 aliphatic rings. The Labute approximate surface area is 150 Å². The molecular formula is C19H20BrNO3. The van der Waals surface area contributed by atoms with Crippen LogP contribution in [0.25, 0.3) is 6.08 Å². The summed E-state index contributed by atoms with van der Waals surface area (Å²) < 4.78 is 11.7. The van der Waals surface area contributed by atoms with Crippen molar-refractivity contribution in [2.75, 3.05) is 27.3 Å². The summed E-state index contributed by atoms with van der Waals surface area (Å²) in [5, 5.41) is 0. The standard InChI is InChI=1S/C19H20BrNO3/c1-21(13-14-24-17-10-8-16(23-2)9-11-17)19(22)12-7-15-5-3-4-6-18(15)20/h3-12H,13-14H2,1-2H3/b12-7+. The van der Waals surface area contributed by atoms with Gasteiger partial charge in [0, 0.05) is 17.6 Å². The molecule has 0 unspecified atom stereocenters. The predicted molar refractivity (Wildman–Crippen MR) is 99.3 cm³/mol. The molecule has 24 heavy (non-hydrogen) atoms. The number of ether oxygens (including phenoxy) is 2. The number of methoxy groups -OCH3 is 1. The quantitative estimate of drug-likeness (QED) is 0.671. The molecule has 0 spiro atoms. The fraction of sp³-hybridized carbons (Fsp3) is 0.211. The van der Waals surface area contributed by atoms with Crippen LogP contribution in [0.2, 0.25) is 0 Å². The van der Waals surface area contributed by atoms with Gasteiger partial charge in [-0.3, -0.25) is 4.79 Å². The Bertz CT molecular complexity index is 698. The summed E-state index contributed by atoms with van der Waals surface area (Å²) >= 11 is 3.46. The van der Waals surface area contributed by atoms with Crippen molar-refractivity contribution in [2.45, 2.75) is 0 Å². The van der Waals surface area contributed by atoms with Gasteiger partial charge in [0.25, 0.3) is 0 Å². The maximum atomic E-state index is 12.1. The van der Waals surface area contributed by atoms with E-state index in [9.17, 15) is 4.79 Å². The normalized spacial score (nSPS) is 10.6. The van der Waals surface area contributed by atoms with Crippen molar-refractivity contribution < 1.29 is 14.3 Å². The first kappa shape index (κ1) is 18.1. The van der Waals surface area contributed by atoms with Crippen molar-refractivity contribution >= 4 is 27.9 Å². The fourth-order valence-electron chi connectivity index (χ4n) is 1.98. The summed E-state index contributed by atoms with van der Waals surface area (Å²) in [5.41, 5.74) is 0.966. The number of nitrogens with zero attached hydrogens (tertiary/aromatic N) is 1. The molecule has 0 radical (unpaired) electrons. The van der Waals surface area contributed by atoms with Gasteiger partial charge in [0.05, 0.1) is 13.7 Å². The molecule has 0 saturated carbocycles. The van der Waals surface area contributed by atoms with E-state index in [4.69, 9.17) is 9.47 Å². The highest BCUT2D eigenvalue weighted by molar-refractivity contribution is 9.10. The zero-order valence-electron chi connectivity index (χ0n) is 13.7. The molecule has 0 heterocycles. The summed E-state index contributed by atoms with van der Waals surface area (Å²) in [5.74, 6) is 1.47. The van der Waals surface area contributed by atoms with Gasteiger partial charge in [0.1, 0.15) is 18.1 Å². The topological polar surface area (TPSA) is 38.8 Å². The van der Waals surface area contributed by atoms with Gasteiger partial charge < -0.3 is 14.4 Å². The lowest BCUT2D eigenvalue weighted by Crippen LogP contribution is -2.29. The monoisotopic (exact) mass is 389 g/mol. The largest absolute Gasteiger partial charge is 0.497 e. The van der Waals surface area contributed by atoms with Crippen molar-refractivity contribution in [1.29, 1.82) is 0 Å². The molecule has 0 bridgehead atoms. The molecular weight excluding hydrogens is 370 g/mol. The van der Waals surface area contributed by atoms with Crippen LogP contribution < -0.4 is 9.47 Å². The predicted octanol–water partition coefficient (Wildman–Crippen LogP) is 4.01. The van der Waals surface area contributed by atoms with E-state index in [1.54, 1.807) is 31.2 Å². The van der Waals surface area contributed by atoms with Gasteiger partial charge in [-0.05, 0) is 42.0 Å². The number of likely N-dealkylation sites (N-methyl/N-ethyl adjacent to an activating group) is 1. The van der Waals surface area contributed by atoms with E-state index >= 15 is 0 Å². The molecule has 0 N–H and O–H groups in total. The van der Waals surface area contributed by atoms with E-state index in [-0.39, 0.29) is 5.91 Å². The molecule has 0 aliphatic carbocycles. The summed E-state index contributed by atoms with van der Waals surface area (Å²) in [6, 6.07) is 15.1. The van der Waals surface area contributed by atoms with Crippen molar-refractivity contribution in [2.24, 2.45) is 0 Å². The molecule has 5 heteroatoms. The van der Waals surface area contributed by atoms with Gasteiger partial charge in [-0.15, -0.1) is 0 Å². The minimum Gasteiger partial charge on any atom is -0.497 e. The van der Waals surface area contributed by atoms with Gasteiger partial charge in [0.15, 0.2) is 0 Å². The molecule has 0 fully saturated rings. The minimum atomic E-state index is -0.0657. The third-order valence-corrected chi connectivity index (χ3v) is 4.16. The molecule has 2 aromatic rings. The van der Waals surface area contributed by atoms with Crippen LogP contribution in [0.5, 0.6) is 11.5 Å². The average molecular weight is 390 g/mol. The van der Waals surface area contributed by atoms with Crippen molar-refractivity contribution in [3.05, 3.63) is 64.6 Å². The number of halogens is 1. The molecule has 126 valence electrons. The van der Waals surface area contributed by atoms with Crippen LogP contribution in [0.1, 0.15) is 5.56 Å². The third kappa shape index (κ3) is 5.42. The number of benzene rings is 2. The van der Waals surface area contributed by atoms with E-state index in [0.717, 1.165) is 21.5 Å². The van der Waals surface area contributed by atoms with Crippen LogP contribution in [0.4, 0.5) is 0 Å². The summed E-state index contributed by atoms with van der Waals surface area (Å²) in [6.07, 6.45) is 3.36. The number of carbonyl (C=O) groups is 1. The zero-order valence-corrected chi connectivity index (χ0v) is 15.3. The maximum absolute atomic E-state index is 12.1. The van der Waals surface area contributed by atoms with Crippen molar-refractivity contribution in [1.82, 2.24) is 4.90 Å². The van der Waals surface area contributed by atoms with Crippen LogP contribution in [0.15, 0.2) is 59.1 Å². The lowest BCUT2D eigenvalue weighted by Gasteiger charge is -2.15. The van der Waals surface area contributed by atoms with E-state index in [0.29, 0.717) is 13.2 Å². The number of hydrogen-bond donors (Lipinski definition) is 0. The van der Waals surface area contributed by atoms with E-state index in [2.05, 4.69) is 15.9 Å². The van der Waals surface area contributed by atoms with E-state index in [1.807, 2.05) is 48.5 Å². The number of hydrogen-bond acceptors (Lipinski definition) is 3. The van der Waals surface area contributed by atoms with Crippen LogP contribution in [0.3, 0.4) is 0 Å². The number of rotatable bonds is 7. The molecule has 1 amide bonds. The van der Waals surface area contributed by atoms with E-state index < -0.39 is 0 Å². The zero-order chi connectivity index (χ0) is 17.4. The highest BCUT2D eigenvalue weighted by Crippen LogP contribution is 2.18. The SMILES string of the molecule is COc1ccc(OCCN(C)C(=O)/C=C/c2ccccc2Br)cc1. The van der Waals surface area contributed by atoms with Crippen molar-refractivity contribution in [3.8, 4) is 11.5 Å². The van der Waals surface area contributed by atoms with Gasteiger partial charge in [-0.1, -0.05) is 34.1 Å². The summed E-state index contributed by atoms with van der Waals surface area (Å²) in [7, 11) is 3.38. The Morgan fingerprint density at radius 3 is 2.46 bits per heavy atom. The van der Waals surface area contributed by atoms with Crippen molar-refractivity contribution in [3.63, 3.8) is 0 Å². The molecule has 2 rings (SSSR count). The molecule has 4 nitrogen and oxygen atoms in total. The lowest BCUT2D eigenvalue weighted by atomic mass is 10.2. The van der Waals surface area contributed by atoms with Gasteiger partial charge in [-0.2, -0.15) is 0 Å². The Morgan fingerprint density at radius 1 is 1.12 bits per heavy atom. The molecule has 2 aromatic carbocycles. The maximum Gasteiger partial charge on any atom is 0.246 e. The third-order valence-electron chi connectivity index (χ3n) is 3.44. The van der Waals surface area contributed by atoms with E-state index in [1.165, 1.54) is 0 Å². The summed E-state index contributed by atoms with van der Waals surface area (Å²) in [4.78, 5) is 13.7. The van der Waals surface area contributed by atoms with Crippen LogP contribution in [0, 0.1) is 0 Å². The number of carbonyl (C=O) groups excluding carboxylic acids is 1. The first-order valence-corrected chi connectivity index (χ1v) is 8.34. The summed E-state index contributed by atoms with van der Waals surface area (Å²) in [6.45, 7) is 0.933. The van der Waals surface area contributed by atoms with Gasteiger partial charge >= 0.3 is 0 Å². The lowest BCUT2D eigenvalue weighted by molar-refractivity contribution is -0.125. The number of amides is 1. The Kier molecular flexibility index (Phi) is 6.88. The first-order valence-electron chi connectivity index (χ1n) is 7.54. The van der Waals surface area contributed by atoms with Crippen LogP contribution in [-0.2, 0) is 4.79 Å². The smallest absolute Gasteiger partial charge is 0.246 e. The Balaban J connectivity index is 1.80. The molecule has 0 aromatic heterocycles. The Hall–Kier alpha value is -2.27. The average Bonchev–Trinajstić information content (AvgIpc) is 2.61. The minimum absolute atomic E-state index is 0.0657. The van der Waals surface area contributed by atoms with Crippen LogP contribution in [-0.4, -0.2) is 38.1 Å². The Morgan fingerprint density at radius 2 is 1.79 bits per heavy atom. The second kappa shape index (κ2) is 9.13. The van der Waals surface area contributed by atoms with Crippen LogP contribution >= 0.6 is 15.9 Å². The highest BCUT2D eigenvalue weighted by atomic mass is 79.9. The second-order valence-corrected chi connectivity index (χ2v) is 5.99. The van der Waals surface area contributed by atoms with Gasteiger partial charge in [-0.25, -0.2) is 0 Å². The van der Waals surface area contributed by atoms with Gasteiger partial charge in [0.2, 0.25) is 5.91 Å². The fourth-order valence-corrected chi connectivity index (χ4v) is 2.40. The highest BCUT2D eigenvalue weighted by Gasteiger charge is 2.05. The molecule has 0 atom stereocenters. The molecule has 0 aliphatic heterocycles. The second-order valence-electron chi connectivity index (χ2n) is 5.14.